The molecule has 2 aliphatic heterocycles. The van der Waals surface area contributed by atoms with E-state index in [1.165, 1.54) is 25.2 Å². The molecule has 0 radical (unpaired) electrons. The molecule has 0 bridgehead atoms. The summed E-state index contributed by atoms with van der Waals surface area (Å²) in [6, 6.07) is 23.4. The van der Waals surface area contributed by atoms with Crippen LogP contribution in [-0.2, 0) is 28.0 Å². The van der Waals surface area contributed by atoms with Crippen LogP contribution in [0.5, 0.6) is 5.75 Å². The van der Waals surface area contributed by atoms with Crippen LogP contribution in [-0.4, -0.2) is 62.4 Å². The lowest BCUT2D eigenvalue weighted by molar-refractivity contribution is 0.0164. The molecule has 2 heterocycles. The van der Waals surface area contributed by atoms with E-state index in [-0.39, 0.29) is 53.6 Å². The van der Waals surface area contributed by atoms with E-state index in [4.69, 9.17) is 25.8 Å². The van der Waals surface area contributed by atoms with Crippen LogP contribution in [0.1, 0.15) is 47.8 Å². The molecule has 1 saturated heterocycles. The fraction of sp³-hybridized carbons (Fsp3) is 0.333. The molecule has 262 valence electrons. The highest BCUT2D eigenvalue weighted by molar-refractivity contribution is 6.34. The van der Waals surface area contributed by atoms with Crippen molar-refractivity contribution >= 4 is 29.3 Å². The van der Waals surface area contributed by atoms with Gasteiger partial charge < -0.3 is 29.3 Å². The minimum Gasteiger partial charge on any atom is -0.488 e. The molecule has 2 amide bonds. The zero-order valence-electron chi connectivity index (χ0n) is 28.5. The Morgan fingerprint density at radius 1 is 0.940 bits per heavy atom. The van der Waals surface area contributed by atoms with Gasteiger partial charge in [-0.05, 0) is 55.7 Å². The number of carbonyl (C=O) groups is 2. The maximum Gasteiger partial charge on any atom is 0.410 e. The van der Waals surface area contributed by atoms with E-state index in [1.807, 2.05) is 81.4 Å². The number of amides is 2. The maximum absolute atomic E-state index is 16.8. The summed E-state index contributed by atoms with van der Waals surface area (Å²) in [5.74, 6) is -2.32. The summed E-state index contributed by atoms with van der Waals surface area (Å²) in [7, 11) is 1.44. The number of nitrogens with one attached hydrogen (secondary N) is 1. The SMILES string of the molecule is CNC(=O)c1ccc(OCCOCc2ccccc2)c(F)c1-c1c(Cl)c(F)cc2c1CC1(c3ccccc3)CN(C(=O)OC(C)(C)C)CCN21. The van der Waals surface area contributed by atoms with E-state index in [1.54, 1.807) is 4.90 Å². The third kappa shape index (κ3) is 6.87. The number of anilines is 1. The minimum atomic E-state index is -0.863. The molecule has 0 saturated carbocycles. The number of hydrogen-bond acceptors (Lipinski definition) is 6. The largest absolute Gasteiger partial charge is 0.488 e. The Labute approximate surface area is 295 Å². The van der Waals surface area contributed by atoms with Gasteiger partial charge >= 0.3 is 6.09 Å². The average Bonchev–Trinajstić information content (AvgIpc) is 3.43. The van der Waals surface area contributed by atoms with Crippen molar-refractivity contribution in [3.8, 4) is 16.9 Å². The summed E-state index contributed by atoms with van der Waals surface area (Å²) in [5, 5.41) is 2.25. The van der Waals surface area contributed by atoms with Gasteiger partial charge in [-0.2, -0.15) is 0 Å². The van der Waals surface area contributed by atoms with Crippen molar-refractivity contribution in [3.05, 3.63) is 118 Å². The lowest BCUT2D eigenvalue weighted by atomic mass is 9.82. The third-order valence-corrected chi connectivity index (χ3v) is 9.38. The number of piperazine rings is 1. The first kappa shape index (κ1) is 35.2. The Morgan fingerprint density at radius 2 is 1.64 bits per heavy atom. The van der Waals surface area contributed by atoms with Crippen LogP contribution in [0.2, 0.25) is 5.02 Å². The Hall–Kier alpha value is -4.67. The Bertz CT molecular complexity index is 1890. The molecule has 1 atom stereocenters. The number of fused-ring (bicyclic) bond motifs is 3. The number of carbonyl (C=O) groups excluding carboxylic acids is 2. The second-order valence-electron chi connectivity index (χ2n) is 13.4. The van der Waals surface area contributed by atoms with Crippen LogP contribution in [0, 0.1) is 11.6 Å². The Balaban J connectivity index is 1.41. The summed E-state index contributed by atoms with van der Waals surface area (Å²) in [5.41, 5.74) is 1.24. The fourth-order valence-electron chi connectivity index (χ4n) is 6.83. The summed E-state index contributed by atoms with van der Waals surface area (Å²) in [6.07, 6.45) is -0.218. The number of halogens is 3. The van der Waals surface area contributed by atoms with Crippen molar-refractivity contribution in [1.82, 2.24) is 10.2 Å². The zero-order valence-corrected chi connectivity index (χ0v) is 29.3. The molecule has 50 heavy (non-hydrogen) atoms. The number of ether oxygens (including phenoxy) is 3. The average molecular weight is 704 g/mol. The molecule has 1 fully saturated rings. The van der Waals surface area contributed by atoms with Crippen LogP contribution in [0.4, 0.5) is 19.3 Å². The van der Waals surface area contributed by atoms with E-state index in [2.05, 4.69) is 10.2 Å². The van der Waals surface area contributed by atoms with Crippen LogP contribution >= 0.6 is 11.6 Å². The molecule has 4 aromatic carbocycles. The molecule has 8 nitrogen and oxygen atoms in total. The highest BCUT2D eigenvalue weighted by atomic mass is 35.5. The van der Waals surface area contributed by atoms with Gasteiger partial charge in [-0.25, -0.2) is 13.6 Å². The second kappa shape index (κ2) is 14.3. The second-order valence-corrected chi connectivity index (χ2v) is 13.8. The molecule has 1 unspecified atom stereocenters. The number of rotatable bonds is 9. The number of nitrogens with zero attached hydrogens (tertiary/aromatic N) is 2. The third-order valence-electron chi connectivity index (χ3n) is 9.01. The highest BCUT2D eigenvalue weighted by Crippen LogP contribution is 2.53. The first-order valence-corrected chi connectivity index (χ1v) is 16.9. The molecule has 0 aromatic heterocycles. The van der Waals surface area contributed by atoms with Gasteiger partial charge in [-0.3, -0.25) is 4.79 Å². The van der Waals surface area contributed by atoms with Crippen LogP contribution < -0.4 is 15.0 Å². The van der Waals surface area contributed by atoms with Crippen molar-refractivity contribution in [1.29, 1.82) is 0 Å². The van der Waals surface area contributed by atoms with E-state index >= 15 is 8.78 Å². The van der Waals surface area contributed by atoms with Crippen LogP contribution in [0.3, 0.4) is 0 Å². The monoisotopic (exact) mass is 703 g/mol. The van der Waals surface area contributed by atoms with Crippen LogP contribution in [0.15, 0.2) is 78.9 Å². The predicted molar refractivity (Wildman–Crippen MR) is 189 cm³/mol. The van der Waals surface area contributed by atoms with Crippen molar-refractivity contribution in [3.63, 3.8) is 0 Å². The lowest BCUT2D eigenvalue weighted by Gasteiger charge is -2.48. The van der Waals surface area contributed by atoms with Crippen LogP contribution in [0.25, 0.3) is 11.1 Å². The quantitative estimate of drug-likeness (QED) is 0.180. The van der Waals surface area contributed by atoms with Crippen molar-refractivity contribution in [2.45, 2.75) is 44.9 Å². The smallest absolute Gasteiger partial charge is 0.410 e. The number of benzene rings is 4. The van der Waals surface area contributed by atoms with E-state index in [0.29, 0.717) is 30.9 Å². The van der Waals surface area contributed by atoms with Gasteiger partial charge in [-0.15, -0.1) is 0 Å². The molecule has 11 heteroatoms. The summed E-state index contributed by atoms with van der Waals surface area (Å²) >= 11 is 6.76. The van der Waals surface area contributed by atoms with Gasteiger partial charge in [0.1, 0.15) is 18.0 Å². The first-order chi connectivity index (χ1) is 23.9. The zero-order chi connectivity index (χ0) is 35.6. The van der Waals surface area contributed by atoms with Crippen molar-refractivity contribution in [2.24, 2.45) is 0 Å². The van der Waals surface area contributed by atoms with Gasteiger partial charge in [0.25, 0.3) is 5.91 Å². The topological polar surface area (TPSA) is 80.3 Å². The van der Waals surface area contributed by atoms with Crippen molar-refractivity contribution in [2.75, 3.05) is 44.8 Å². The molecular formula is C39H40ClF2N3O5. The van der Waals surface area contributed by atoms with Gasteiger partial charge in [0.05, 0.1) is 35.9 Å². The van der Waals surface area contributed by atoms with Gasteiger partial charge in [0.15, 0.2) is 11.6 Å². The molecule has 6 rings (SSSR count). The molecule has 4 aromatic rings. The van der Waals surface area contributed by atoms with Gasteiger partial charge in [-0.1, -0.05) is 72.3 Å². The Morgan fingerprint density at radius 3 is 2.32 bits per heavy atom. The standard InChI is InChI=1S/C39H40ClF2N3O5/c1-38(2,3)50-37(47)44-17-18-45-30-21-29(41)34(40)32(28(30)22-39(45,24-44)26-13-9-6-10-14-26)33-27(36(46)43-4)15-16-31(35(33)42)49-20-19-48-23-25-11-7-5-8-12-25/h5-16,21H,17-20,22-24H2,1-4H3,(H,43,46). The molecular weight excluding hydrogens is 664 g/mol. The highest BCUT2D eigenvalue weighted by Gasteiger charge is 2.51. The van der Waals surface area contributed by atoms with Crippen molar-refractivity contribution < 1.29 is 32.6 Å². The fourth-order valence-corrected chi connectivity index (χ4v) is 7.10. The molecule has 0 spiro atoms. The maximum atomic E-state index is 16.8. The predicted octanol–water partition coefficient (Wildman–Crippen LogP) is 7.75. The first-order valence-electron chi connectivity index (χ1n) is 16.5. The van der Waals surface area contributed by atoms with Gasteiger partial charge in [0, 0.05) is 43.4 Å². The lowest BCUT2D eigenvalue weighted by Crippen LogP contribution is -2.60. The van der Waals surface area contributed by atoms with E-state index in [0.717, 1.165) is 11.1 Å². The van der Waals surface area contributed by atoms with Gasteiger partial charge in [0.2, 0.25) is 0 Å². The molecule has 0 aliphatic carbocycles. The van der Waals surface area contributed by atoms with E-state index in [9.17, 15) is 9.59 Å². The summed E-state index contributed by atoms with van der Waals surface area (Å²) in [4.78, 5) is 30.3. The molecule has 1 N–H and O–H groups in total. The van der Waals surface area contributed by atoms with E-state index < -0.39 is 34.8 Å². The summed E-state index contributed by atoms with van der Waals surface area (Å²) in [6.45, 7) is 6.89. The normalized spacial score (nSPS) is 16.9. The Kier molecular flexibility index (Phi) is 10.0. The minimum absolute atomic E-state index is 0.0265. The molecule has 2 aliphatic rings. The summed E-state index contributed by atoms with van der Waals surface area (Å²) < 4.78 is 50.0. The number of hydrogen-bond donors (Lipinski definition) is 1.